The number of hydrogen-bond donors (Lipinski definition) is 2. The summed E-state index contributed by atoms with van der Waals surface area (Å²) in [4.78, 5) is 10.8. The van der Waals surface area contributed by atoms with Crippen LogP contribution in [0.2, 0.25) is 0 Å². The lowest BCUT2D eigenvalue weighted by atomic mass is 9.95. The van der Waals surface area contributed by atoms with Crippen molar-refractivity contribution in [3.8, 4) is 0 Å². The quantitative estimate of drug-likeness (QED) is 0.847. The molecule has 92 valence electrons. The zero-order valence-electron chi connectivity index (χ0n) is 9.47. The number of halogens is 2. The summed E-state index contributed by atoms with van der Waals surface area (Å²) < 4.78 is 26.6. The van der Waals surface area contributed by atoms with E-state index in [2.05, 4.69) is 5.32 Å². The third kappa shape index (κ3) is 1.91. The van der Waals surface area contributed by atoms with E-state index in [1.165, 1.54) is 6.92 Å². The molecule has 0 saturated heterocycles. The molecule has 1 saturated carbocycles. The molecule has 1 fully saturated rings. The minimum atomic E-state index is -2.71. The van der Waals surface area contributed by atoms with Crippen molar-refractivity contribution < 1.29 is 13.6 Å². The lowest BCUT2D eigenvalue weighted by molar-refractivity contribution is -0.114. The van der Waals surface area contributed by atoms with Gasteiger partial charge in [-0.1, -0.05) is 12.1 Å². The maximum absolute atomic E-state index is 13.3. The fraction of sp³-hybridized carbons (Fsp3) is 0.417. The molecule has 3 nitrogen and oxygen atoms in total. The van der Waals surface area contributed by atoms with Gasteiger partial charge >= 0.3 is 0 Å². The first-order valence-electron chi connectivity index (χ1n) is 5.37. The maximum atomic E-state index is 13.3. The smallest absolute Gasteiger partial charge is 0.260 e. The van der Waals surface area contributed by atoms with E-state index < -0.39 is 11.3 Å². The summed E-state index contributed by atoms with van der Waals surface area (Å²) in [5.41, 5.74) is 5.36. The van der Waals surface area contributed by atoms with E-state index >= 15 is 0 Å². The molecule has 0 bridgehead atoms. The minimum absolute atomic E-state index is 0.0700. The molecular formula is C12H14F2N2O. The van der Waals surface area contributed by atoms with Gasteiger partial charge in [-0.05, 0) is 17.7 Å². The molecule has 0 aromatic heterocycles. The van der Waals surface area contributed by atoms with Crippen molar-refractivity contribution in [2.24, 2.45) is 5.73 Å². The molecule has 1 amide bonds. The number of anilines is 1. The minimum Gasteiger partial charge on any atom is -0.329 e. The van der Waals surface area contributed by atoms with E-state index in [-0.39, 0.29) is 18.9 Å². The maximum Gasteiger partial charge on any atom is 0.260 e. The molecule has 2 rings (SSSR count). The van der Waals surface area contributed by atoms with Crippen LogP contribution in [0.15, 0.2) is 24.3 Å². The third-order valence-corrected chi connectivity index (χ3v) is 3.21. The molecule has 0 heterocycles. The van der Waals surface area contributed by atoms with E-state index in [1.807, 2.05) is 0 Å². The fourth-order valence-corrected chi connectivity index (χ4v) is 2.06. The van der Waals surface area contributed by atoms with E-state index in [1.54, 1.807) is 24.3 Å². The third-order valence-electron chi connectivity index (χ3n) is 3.21. The van der Waals surface area contributed by atoms with Crippen molar-refractivity contribution in [1.82, 2.24) is 0 Å². The van der Waals surface area contributed by atoms with Crippen LogP contribution in [0.5, 0.6) is 0 Å². The molecule has 1 aromatic carbocycles. The van der Waals surface area contributed by atoms with Crippen molar-refractivity contribution in [3.63, 3.8) is 0 Å². The summed E-state index contributed by atoms with van der Waals surface area (Å²) in [6, 6.07) is 6.42. The van der Waals surface area contributed by atoms with Gasteiger partial charge in [-0.2, -0.15) is 0 Å². The number of rotatable bonds is 3. The summed E-state index contributed by atoms with van der Waals surface area (Å²) >= 11 is 0. The largest absolute Gasteiger partial charge is 0.329 e. The van der Waals surface area contributed by atoms with Crippen molar-refractivity contribution in [2.45, 2.75) is 24.7 Å². The Morgan fingerprint density at radius 3 is 2.29 bits per heavy atom. The number of nitrogens with two attached hydrogens (primary N) is 1. The Morgan fingerprint density at radius 1 is 1.41 bits per heavy atom. The number of amides is 1. The molecule has 0 spiro atoms. The van der Waals surface area contributed by atoms with Crippen LogP contribution in [0.1, 0.15) is 18.9 Å². The highest BCUT2D eigenvalue weighted by Gasteiger charge is 2.70. The monoisotopic (exact) mass is 240 g/mol. The van der Waals surface area contributed by atoms with Gasteiger partial charge in [0.25, 0.3) is 5.92 Å². The predicted molar refractivity (Wildman–Crippen MR) is 61.0 cm³/mol. The number of hydrogen-bond acceptors (Lipinski definition) is 2. The molecule has 1 aliphatic rings. The van der Waals surface area contributed by atoms with Gasteiger partial charge in [-0.15, -0.1) is 0 Å². The normalized spacial score (nSPS) is 25.4. The standard InChI is InChI=1S/C12H14F2N2O/c1-8(17)16-10-4-2-9(3-5-10)11(7-15)6-12(11,13)14/h2-5H,6-7,15H2,1H3,(H,16,17). The van der Waals surface area contributed by atoms with Gasteiger partial charge in [-0.25, -0.2) is 8.78 Å². The highest BCUT2D eigenvalue weighted by Crippen LogP contribution is 2.60. The van der Waals surface area contributed by atoms with Crippen LogP contribution in [-0.2, 0) is 10.2 Å². The fourth-order valence-electron chi connectivity index (χ4n) is 2.06. The number of carbonyl (C=O) groups is 1. The SMILES string of the molecule is CC(=O)Nc1ccc(C2(CN)CC2(F)F)cc1. The zero-order chi connectivity index (χ0) is 12.7. The van der Waals surface area contributed by atoms with Crippen molar-refractivity contribution >= 4 is 11.6 Å². The first kappa shape index (κ1) is 12.0. The highest BCUT2D eigenvalue weighted by atomic mass is 19.3. The summed E-state index contributed by atoms with van der Waals surface area (Å²) in [5.74, 6) is -2.90. The number of nitrogens with one attached hydrogen (secondary N) is 1. The molecule has 1 aliphatic carbocycles. The topological polar surface area (TPSA) is 55.1 Å². The molecule has 5 heteroatoms. The average Bonchev–Trinajstić information content (AvgIpc) is 2.82. The van der Waals surface area contributed by atoms with Gasteiger partial charge in [0, 0.05) is 25.6 Å². The van der Waals surface area contributed by atoms with Gasteiger partial charge in [0.1, 0.15) is 0 Å². The molecule has 1 atom stereocenters. The highest BCUT2D eigenvalue weighted by molar-refractivity contribution is 5.88. The molecule has 0 radical (unpaired) electrons. The van der Waals surface area contributed by atoms with Gasteiger partial charge in [0.15, 0.2) is 0 Å². The van der Waals surface area contributed by atoms with Gasteiger partial charge in [-0.3, -0.25) is 4.79 Å². The van der Waals surface area contributed by atoms with E-state index in [9.17, 15) is 13.6 Å². The van der Waals surface area contributed by atoms with Crippen molar-refractivity contribution in [1.29, 1.82) is 0 Å². The first-order valence-corrected chi connectivity index (χ1v) is 5.37. The molecular weight excluding hydrogens is 226 g/mol. The second kappa shape index (κ2) is 3.77. The van der Waals surface area contributed by atoms with Crippen molar-refractivity contribution in [2.75, 3.05) is 11.9 Å². The van der Waals surface area contributed by atoms with Crippen LogP contribution in [0.25, 0.3) is 0 Å². The van der Waals surface area contributed by atoms with Crippen LogP contribution in [0.4, 0.5) is 14.5 Å². The molecule has 1 unspecified atom stereocenters. The van der Waals surface area contributed by atoms with Gasteiger partial charge in [0.2, 0.25) is 5.91 Å². The Labute approximate surface area is 98.0 Å². The van der Waals surface area contributed by atoms with Crippen LogP contribution in [-0.4, -0.2) is 18.4 Å². The van der Waals surface area contributed by atoms with Crippen molar-refractivity contribution in [3.05, 3.63) is 29.8 Å². The molecule has 0 aliphatic heterocycles. The Bertz CT molecular complexity index is 444. The number of benzene rings is 1. The second-order valence-corrected chi connectivity index (χ2v) is 4.43. The summed E-state index contributed by atoms with van der Waals surface area (Å²) in [5, 5.41) is 2.58. The Morgan fingerprint density at radius 2 is 1.94 bits per heavy atom. The Kier molecular flexibility index (Phi) is 2.66. The summed E-state index contributed by atoms with van der Waals surface area (Å²) in [6.45, 7) is 1.32. The number of carbonyl (C=O) groups excluding carboxylic acids is 1. The molecule has 17 heavy (non-hydrogen) atoms. The summed E-state index contributed by atoms with van der Waals surface area (Å²) in [6.07, 6.45) is -0.198. The molecule has 3 N–H and O–H groups in total. The molecule has 1 aromatic rings. The lowest BCUT2D eigenvalue weighted by Gasteiger charge is -2.14. The lowest BCUT2D eigenvalue weighted by Crippen LogP contribution is -2.26. The van der Waals surface area contributed by atoms with E-state index in [0.717, 1.165) is 0 Å². The van der Waals surface area contributed by atoms with Gasteiger partial charge < -0.3 is 11.1 Å². The zero-order valence-corrected chi connectivity index (χ0v) is 9.47. The second-order valence-electron chi connectivity index (χ2n) is 4.43. The predicted octanol–water partition coefficient (Wildman–Crippen LogP) is 1.88. The first-order chi connectivity index (χ1) is 7.91. The Balaban J connectivity index is 2.22. The average molecular weight is 240 g/mol. The van der Waals surface area contributed by atoms with Crippen LogP contribution >= 0.6 is 0 Å². The van der Waals surface area contributed by atoms with Gasteiger partial charge in [0.05, 0.1) is 5.41 Å². The van der Waals surface area contributed by atoms with Crippen LogP contribution < -0.4 is 11.1 Å². The number of alkyl halides is 2. The Hall–Kier alpha value is -1.49. The summed E-state index contributed by atoms with van der Waals surface area (Å²) in [7, 11) is 0. The van der Waals surface area contributed by atoms with Crippen LogP contribution in [0, 0.1) is 0 Å². The van der Waals surface area contributed by atoms with E-state index in [4.69, 9.17) is 5.73 Å². The van der Waals surface area contributed by atoms with E-state index in [0.29, 0.717) is 11.3 Å². The van der Waals surface area contributed by atoms with Crippen LogP contribution in [0.3, 0.4) is 0 Å².